The first-order valence-corrected chi connectivity index (χ1v) is 6.76. The Kier molecular flexibility index (Phi) is 2.65. The molecule has 2 aliphatic rings. The molecule has 2 atom stereocenters. The number of hydrogen-bond acceptors (Lipinski definition) is 5. The van der Waals surface area contributed by atoms with Crippen LogP contribution < -0.4 is 5.73 Å². The second-order valence-electron chi connectivity index (χ2n) is 4.53. The zero-order valence-corrected chi connectivity index (χ0v) is 10.3. The Morgan fingerprint density at radius 3 is 3.12 bits per heavy atom. The van der Waals surface area contributed by atoms with Crippen molar-refractivity contribution in [2.45, 2.75) is 24.2 Å². The number of aryl methyl sites for hydroxylation is 1. The summed E-state index contributed by atoms with van der Waals surface area (Å²) in [7, 11) is 2.14. The SMILES string of the molecule is CN1CCC(CN)C1c1nc2n(n1)CCS2. The first kappa shape index (κ1) is 10.6. The number of thioether (sulfide) groups is 1. The minimum atomic E-state index is 0.323. The maximum atomic E-state index is 5.82. The molecule has 1 aromatic rings. The zero-order chi connectivity index (χ0) is 11.1. The van der Waals surface area contributed by atoms with Crippen molar-refractivity contribution in [1.82, 2.24) is 19.7 Å². The highest BCUT2D eigenvalue weighted by molar-refractivity contribution is 7.99. The van der Waals surface area contributed by atoms with Crippen molar-refractivity contribution in [3.05, 3.63) is 5.82 Å². The molecular weight excluding hydrogens is 222 g/mol. The second-order valence-corrected chi connectivity index (χ2v) is 5.60. The Morgan fingerprint density at radius 1 is 1.50 bits per heavy atom. The van der Waals surface area contributed by atoms with Crippen LogP contribution in [0, 0.1) is 5.92 Å². The molecule has 0 spiro atoms. The Balaban J connectivity index is 1.89. The lowest BCUT2D eigenvalue weighted by atomic mass is 10.0. The summed E-state index contributed by atoms with van der Waals surface area (Å²) >= 11 is 1.80. The summed E-state index contributed by atoms with van der Waals surface area (Å²) in [6.07, 6.45) is 1.16. The van der Waals surface area contributed by atoms with Crippen molar-refractivity contribution >= 4 is 11.8 Å². The first-order valence-electron chi connectivity index (χ1n) is 5.77. The molecule has 0 bridgehead atoms. The molecule has 0 radical (unpaired) electrons. The average Bonchev–Trinajstić information content (AvgIpc) is 2.89. The van der Waals surface area contributed by atoms with Gasteiger partial charge in [0.1, 0.15) is 0 Å². The summed E-state index contributed by atoms with van der Waals surface area (Å²) in [4.78, 5) is 6.97. The van der Waals surface area contributed by atoms with Crippen LogP contribution in [0.5, 0.6) is 0 Å². The van der Waals surface area contributed by atoms with Gasteiger partial charge in [0.05, 0.1) is 12.6 Å². The van der Waals surface area contributed by atoms with E-state index in [0.717, 1.165) is 42.8 Å². The fourth-order valence-corrected chi connectivity index (χ4v) is 3.51. The van der Waals surface area contributed by atoms with E-state index in [1.165, 1.54) is 0 Å². The van der Waals surface area contributed by atoms with E-state index in [0.29, 0.717) is 12.0 Å². The van der Waals surface area contributed by atoms with Crippen LogP contribution in [-0.2, 0) is 6.54 Å². The monoisotopic (exact) mass is 239 g/mol. The standard InChI is InChI=1S/C10H17N5S/c1-14-3-2-7(6-11)8(14)9-12-10-15(13-9)4-5-16-10/h7-8H,2-6,11H2,1H3. The molecule has 3 rings (SSSR count). The van der Waals surface area contributed by atoms with Gasteiger partial charge < -0.3 is 5.73 Å². The number of nitrogens with zero attached hydrogens (tertiary/aromatic N) is 4. The van der Waals surface area contributed by atoms with E-state index in [2.05, 4.69) is 22.0 Å². The zero-order valence-electron chi connectivity index (χ0n) is 9.46. The summed E-state index contributed by atoms with van der Waals surface area (Å²) < 4.78 is 2.03. The molecule has 5 nitrogen and oxygen atoms in total. The molecule has 1 aromatic heterocycles. The summed E-state index contributed by atoms with van der Waals surface area (Å²) in [5.74, 6) is 2.59. The summed E-state index contributed by atoms with van der Waals surface area (Å²) in [6, 6.07) is 0.323. The maximum absolute atomic E-state index is 5.82. The third-order valence-corrected chi connectivity index (χ3v) is 4.48. The third-order valence-electron chi connectivity index (χ3n) is 3.53. The molecule has 1 saturated heterocycles. The lowest BCUT2D eigenvalue weighted by Crippen LogP contribution is -2.26. The number of likely N-dealkylation sites (tertiary alicyclic amines) is 1. The lowest BCUT2D eigenvalue weighted by Gasteiger charge is -2.20. The number of aromatic nitrogens is 3. The fraction of sp³-hybridized carbons (Fsp3) is 0.800. The van der Waals surface area contributed by atoms with Gasteiger partial charge in [-0.2, -0.15) is 5.10 Å². The largest absolute Gasteiger partial charge is 0.330 e. The van der Waals surface area contributed by atoms with Crippen molar-refractivity contribution in [3.8, 4) is 0 Å². The molecule has 1 fully saturated rings. The number of rotatable bonds is 2. The first-order chi connectivity index (χ1) is 7.79. The van der Waals surface area contributed by atoms with E-state index >= 15 is 0 Å². The smallest absolute Gasteiger partial charge is 0.186 e. The minimum absolute atomic E-state index is 0.323. The van der Waals surface area contributed by atoms with Crippen LogP contribution >= 0.6 is 11.8 Å². The molecule has 88 valence electrons. The summed E-state index contributed by atoms with van der Waals surface area (Å²) in [5, 5.41) is 5.68. The number of fused-ring (bicyclic) bond motifs is 1. The van der Waals surface area contributed by atoms with E-state index in [1.807, 2.05) is 4.68 Å². The van der Waals surface area contributed by atoms with Gasteiger partial charge in [-0.05, 0) is 32.5 Å². The van der Waals surface area contributed by atoms with Gasteiger partial charge in [-0.15, -0.1) is 0 Å². The van der Waals surface area contributed by atoms with Gasteiger partial charge in [0.2, 0.25) is 0 Å². The molecular formula is C10H17N5S. The van der Waals surface area contributed by atoms with Crippen LogP contribution in [0.2, 0.25) is 0 Å². The van der Waals surface area contributed by atoms with Gasteiger partial charge >= 0.3 is 0 Å². The molecule has 2 N–H and O–H groups in total. The third kappa shape index (κ3) is 1.56. The van der Waals surface area contributed by atoms with Crippen LogP contribution in [0.3, 0.4) is 0 Å². The minimum Gasteiger partial charge on any atom is -0.330 e. The van der Waals surface area contributed by atoms with Crippen molar-refractivity contribution < 1.29 is 0 Å². The average molecular weight is 239 g/mol. The highest BCUT2D eigenvalue weighted by atomic mass is 32.2. The number of hydrogen-bond donors (Lipinski definition) is 1. The van der Waals surface area contributed by atoms with Crippen LogP contribution in [0.15, 0.2) is 5.16 Å². The van der Waals surface area contributed by atoms with Crippen molar-refractivity contribution in [3.63, 3.8) is 0 Å². The maximum Gasteiger partial charge on any atom is 0.186 e. The van der Waals surface area contributed by atoms with Crippen LogP contribution in [-0.4, -0.2) is 45.6 Å². The van der Waals surface area contributed by atoms with Crippen molar-refractivity contribution in [1.29, 1.82) is 0 Å². The van der Waals surface area contributed by atoms with Crippen molar-refractivity contribution in [2.75, 3.05) is 25.9 Å². The van der Waals surface area contributed by atoms with Crippen LogP contribution in [0.1, 0.15) is 18.3 Å². The Morgan fingerprint density at radius 2 is 2.38 bits per heavy atom. The summed E-state index contributed by atoms with van der Waals surface area (Å²) in [5.41, 5.74) is 5.82. The fourth-order valence-electron chi connectivity index (χ4n) is 2.63. The molecule has 2 unspecified atom stereocenters. The van der Waals surface area contributed by atoms with Gasteiger partial charge in [-0.25, -0.2) is 9.67 Å². The lowest BCUT2D eigenvalue weighted by molar-refractivity contribution is 0.266. The Labute approximate surface area is 99.4 Å². The molecule has 16 heavy (non-hydrogen) atoms. The highest BCUT2D eigenvalue weighted by Gasteiger charge is 2.35. The molecule has 0 saturated carbocycles. The second kappa shape index (κ2) is 4.01. The molecule has 2 aliphatic heterocycles. The molecule has 3 heterocycles. The van der Waals surface area contributed by atoms with E-state index in [1.54, 1.807) is 11.8 Å². The Hall–Kier alpha value is -0.590. The van der Waals surface area contributed by atoms with E-state index in [-0.39, 0.29) is 0 Å². The number of nitrogens with two attached hydrogens (primary N) is 1. The van der Waals surface area contributed by atoms with E-state index in [4.69, 9.17) is 5.73 Å². The molecule has 0 aromatic carbocycles. The molecule has 0 aliphatic carbocycles. The molecule has 0 amide bonds. The highest BCUT2D eigenvalue weighted by Crippen LogP contribution is 2.35. The van der Waals surface area contributed by atoms with Gasteiger partial charge in [0.15, 0.2) is 11.0 Å². The van der Waals surface area contributed by atoms with Gasteiger partial charge in [-0.3, -0.25) is 4.90 Å². The molecule has 6 heteroatoms. The van der Waals surface area contributed by atoms with E-state index < -0.39 is 0 Å². The summed E-state index contributed by atoms with van der Waals surface area (Å²) in [6.45, 7) is 2.83. The van der Waals surface area contributed by atoms with Gasteiger partial charge in [0, 0.05) is 5.75 Å². The van der Waals surface area contributed by atoms with Gasteiger partial charge in [-0.1, -0.05) is 11.8 Å². The van der Waals surface area contributed by atoms with E-state index in [9.17, 15) is 0 Å². The Bertz CT molecular complexity index is 369. The van der Waals surface area contributed by atoms with Crippen LogP contribution in [0.25, 0.3) is 0 Å². The quantitative estimate of drug-likeness (QED) is 0.806. The van der Waals surface area contributed by atoms with Crippen molar-refractivity contribution in [2.24, 2.45) is 11.7 Å². The predicted molar refractivity (Wildman–Crippen MR) is 63.3 cm³/mol. The van der Waals surface area contributed by atoms with Crippen LogP contribution in [0.4, 0.5) is 0 Å². The predicted octanol–water partition coefficient (Wildman–Crippen LogP) is 0.335. The van der Waals surface area contributed by atoms with Gasteiger partial charge in [0.25, 0.3) is 0 Å². The normalized spacial score (nSPS) is 29.9. The topological polar surface area (TPSA) is 60.0 Å².